The van der Waals surface area contributed by atoms with Gasteiger partial charge in [-0.1, -0.05) is 13.8 Å². The van der Waals surface area contributed by atoms with Crippen molar-refractivity contribution in [2.75, 3.05) is 7.05 Å². The van der Waals surface area contributed by atoms with E-state index in [-0.39, 0.29) is 11.5 Å². The molecule has 2 aromatic heterocycles. The number of rotatable bonds is 2. The van der Waals surface area contributed by atoms with Gasteiger partial charge in [0.25, 0.3) is 11.8 Å². The fourth-order valence-corrected chi connectivity index (χ4v) is 1.50. The lowest BCUT2D eigenvalue weighted by molar-refractivity contribution is 0.0955. The summed E-state index contributed by atoms with van der Waals surface area (Å²) in [5.41, 5.74) is 6.24. The number of nitrogens with zero attached hydrogens (tertiary/aromatic N) is 2. The molecule has 6 nitrogen and oxygen atoms in total. The van der Waals surface area contributed by atoms with Gasteiger partial charge in [-0.2, -0.15) is 0 Å². The van der Waals surface area contributed by atoms with Gasteiger partial charge < -0.3 is 11.1 Å². The summed E-state index contributed by atoms with van der Waals surface area (Å²) in [6.07, 6.45) is 3.06. The Morgan fingerprint density at radius 2 is 2.06 bits per heavy atom. The smallest absolute Gasteiger partial charge is 0.269 e. The van der Waals surface area contributed by atoms with Crippen LogP contribution in [-0.2, 0) is 0 Å². The Balaban J connectivity index is 0.000000771. The molecule has 2 rings (SSSR count). The Labute approximate surface area is 105 Å². The fourth-order valence-electron chi connectivity index (χ4n) is 1.50. The monoisotopic (exact) mass is 248 g/mol. The van der Waals surface area contributed by atoms with E-state index in [1.807, 2.05) is 13.8 Å². The number of nitrogens with two attached hydrogens (primary N) is 1. The van der Waals surface area contributed by atoms with Crippen LogP contribution in [0.15, 0.2) is 24.5 Å². The lowest BCUT2D eigenvalue weighted by atomic mass is 10.2. The topological polar surface area (TPSA) is 89.5 Å². The summed E-state index contributed by atoms with van der Waals surface area (Å²) in [6.45, 7) is 4.00. The maximum Gasteiger partial charge on any atom is 0.269 e. The van der Waals surface area contributed by atoms with Crippen molar-refractivity contribution in [2.45, 2.75) is 13.8 Å². The second-order valence-corrected chi connectivity index (χ2v) is 3.20. The number of hydrogen-bond donors (Lipinski definition) is 2. The predicted octanol–water partition coefficient (Wildman–Crippen LogP) is 0.819. The molecule has 0 aliphatic heterocycles. The van der Waals surface area contributed by atoms with Crippen molar-refractivity contribution in [1.82, 2.24) is 14.7 Å². The quantitative estimate of drug-likeness (QED) is 0.824. The van der Waals surface area contributed by atoms with Crippen LogP contribution in [0.5, 0.6) is 0 Å². The minimum Gasteiger partial charge on any atom is -0.365 e. The van der Waals surface area contributed by atoms with E-state index in [0.717, 1.165) is 0 Å². The Morgan fingerprint density at radius 3 is 2.61 bits per heavy atom. The van der Waals surface area contributed by atoms with Gasteiger partial charge in [0.15, 0.2) is 0 Å². The van der Waals surface area contributed by atoms with Crippen molar-refractivity contribution in [3.8, 4) is 0 Å². The molecule has 6 heteroatoms. The second-order valence-electron chi connectivity index (χ2n) is 3.20. The maximum atomic E-state index is 11.5. The highest BCUT2D eigenvalue weighted by Gasteiger charge is 2.14. The first-order valence-electron chi connectivity index (χ1n) is 5.63. The van der Waals surface area contributed by atoms with Crippen molar-refractivity contribution >= 4 is 17.5 Å². The molecule has 0 saturated carbocycles. The van der Waals surface area contributed by atoms with Crippen LogP contribution >= 0.6 is 0 Å². The number of carbonyl (C=O) groups excluding carboxylic acids is 2. The van der Waals surface area contributed by atoms with Crippen molar-refractivity contribution in [3.05, 3.63) is 35.8 Å². The number of aromatic nitrogens is 2. The minimum absolute atomic E-state index is 0.269. The summed E-state index contributed by atoms with van der Waals surface area (Å²) < 4.78 is 1.53. The average Bonchev–Trinajstić information content (AvgIpc) is 2.83. The minimum atomic E-state index is -0.570. The molecule has 0 saturated heterocycles. The van der Waals surface area contributed by atoms with Crippen molar-refractivity contribution < 1.29 is 9.59 Å². The normalized spacial score (nSPS) is 9.50. The lowest BCUT2D eigenvalue weighted by Gasteiger charge is -2.01. The lowest BCUT2D eigenvalue weighted by Crippen LogP contribution is -2.20. The molecular formula is C12H16N4O2. The highest BCUT2D eigenvalue weighted by Crippen LogP contribution is 2.11. The van der Waals surface area contributed by atoms with Crippen LogP contribution in [0.3, 0.4) is 0 Å². The first kappa shape index (κ1) is 13.7. The number of amides is 2. The zero-order valence-electron chi connectivity index (χ0n) is 10.6. The van der Waals surface area contributed by atoms with E-state index in [9.17, 15) is 9.59 Å². The molecule has 0 atom stereocenters. The van der Waals surface area contributed by atoms with Crippen LogP contribution in [0.1, 0.15) is 34.7 Å². The zero-order valence-corrected chi connectivity index (χ0v) is 10.6. The molecule has 0 spiro atoms. The summed E-state index contributed by atoms with van der Waals surface area (Å²) in [5.74, 6) is -0.839. The summed E-state index contributed by atoms with van der Waals surface area (Å²) in [5, 5.41) is 2.49. The molecule has 0 aliphatic carbocycles. The first-order valence-corrected chi connectivity index (χ1v) is 5.63. The average molecular weight is 248 g/mol. The van der Waals surface area contributed by atoms with Crippen LogP contribution < -0.4 is 11.1 Å². The Bertz CT molecular complexity index is 574. The van der Waals surface area contributed by atoms with Gasteiger partial charge in [-0.05, 0) is 12.1 Å². The van der Waals surface area contributed by atoms with Gasteiger partial charge in [-0.25, -0.2) is 4.98 Å². The van der Waals surface area contributed by atoms with Gasteiger partial charge in [0.05, 0.1) is 11.8 Å². The largest absolute Gasteiger partial charge is 0.365 e. The predicted molar refractivity (Wildman–Crippen MR) is 68.4 cm³/mol. The van der Waals surface area contributed by atoms with E-state index < -0.39 is 5.91 Å². The number of pyridine rings is 1. The van der Waals surface area contributed by atoms with Gasteiger partial charge in [-0.15, -0.1) is 0 Å². The van der Waals surface area contributed by atoms with Crippen LogP contribution in [0, 0.1) is 0 Å². The number of carbonyl (C=O) groups is 2. The third-order valence-electron chi connectivity index (χ3n) is 2.26. The first-order chi connectivity index (χ1) is 8.65. The van der Waals surface area contributed by atoms with Gasteiger partial charge >= 0.3 is 0 Å². The molecule has 3 N–H and O–H groups in total. The van der Waals surface area contributed by atoms with Crippen LogP contribution in [-0.4, -0.2) is 28.2 Å². The summed E-state index contributed by atoms with van der Waals surface area (Å²) >= 11 is 0. The van der Waals surface area contributed by atoms with Crippen molar-refractivity contribution in [2.24, 2.45) is 5.73 Å². The van der Waals surface area contributed by atoms with Crippen LogP contribution in [0.2, 0.25) is 0 Å². The molecule has 2 heterocycles. The molecule has 0 unspecified atom stereocenters. The number of primary amides is 1. The standard InChI is InChI=1S/C10H10N4O2.C2H6/c1-12-10(16)7-5-13-9-6(8(11)15)3-2-4-14(7)9;1-2/h2-5H,1H3,(H2,11,15)(H,12,16);1-2H3. The van der Waals surface area contributed by atoms with E-state index >= 15 is 0 Å². The molecule has 0 aliphatic rings. The molecule has 0 aromatic carbocycles. The zero-order chi connectivity index (χ0) is 13.7. The highest BCUT2D eigenvalue weighted by molar-refractivity contribution is 6.00. The van der Waals surface area contributed by atoms with E-state index in [4.69, 9.17) is 5.73 Å². The third kappa shape index (κ3) is 2.32. The molecular weight excluding hydrogens is 232 g/mol. The molecule has 96 valence electrons. The summed E-state index contributed by atoms with van der Waals surface area (Å²) in [7, 11) is 1.53. The van der Waals surface area contributed by atoms with E-state index in [2.05, 4.69) is 10.3 Å². The number of nitrogens with one attached hydrogen (secondary N) is 1. The molecule has 0 radical (unpaired) electrons. The SMILES string of the molecule is CC.CNC(=O)c1cnc2c(C(N)=O)cccn12. The summed E-state index contributed by atoms with van der Waals surface area (Å²) in [4.78, 5) is 26.6. The molecule has 2 amide bonds. The van der Waals surface area contributed by atoms with Gasteiger partial charge in [0, 0.05) is 13.2 Å². The van der Waals surface area contributed by atoms with Crippen molar-refractivity contribution in [3.63, 3.8) is 0 Å². The van der Waals surface area contributed by atoms with Gasteiger partial charge in [0.2, 0.25) is 0 Å². The third-order valence-corrected chi connectivity index (χ3v) is 2.26. The van der Waals surface area contributed by atoms with Gasteiger partial charge in [-0.3, -0.25) is 14.0 Å². The number of imidazole rings is 1. The molecule has 0 bridgehead atoms. The van der Waals surface area contributed by atoms with E-state index in [1.54, 1.807) is 18.3 Å². The molecule has 2 aromatic rings. The molecule has 18 heavy (non-hydrogen) atoms. The van der Waals surface area contributed by atoms with Crippen molar-refractivity contribution in [1.29, 1.82) is 0 Å². The summed E-state index contributed by atoms with van der Waals surface area (Å²) in [6, 6.07) is 3.21. The Morgan fingerprint density at radius 1 is 1.39 bits per heavy atom. The highest BCUT2D eigenvalue weighted by atomic mass is 16.2. The molecule has 0 fully saturated rings. The maximum absolute atomic E-state index is 11.5. The van der Waals surface area contributed by atoms with Gasteiger partial charge in [0.1, 0.15) is 11.3 Å². The van der Waals surface area contributed by atoms with E-state index in [1.165, 1.54) is 17.6 Å². The second kappa shape index (κ2) is 5.81. The Kier molecular flexibility index (Phi) is 4.42. The fraction of sp³-hybridized carbons (Fsp3) is 0.250. The number of hydrogen-bond acceptors (Lipinski definition) is 3. The van der Waals surface area contributed by atoms with Crippen LogP contribution in [0.25, 0.3) is 5.65 Å². The van der Waals surface area contributed by atoms with E-state index in [0.29, 0.717) is 11.3 Å². The van der Waals surface area contributed by atoms with Crippen LogP contribution in [0.4, 0.5) is 0 Å². The number of fused-ring (bicyclic) bond motifs is 1. The Hall–Kier alpha value is -2.37.